The van der Waals surface area contributed by atoms with Crippen LogP contribution in [0, 0.1) is 6.92 Å². The van der Waals surface area contributed by atoms with Gasteiger partial charge in [-0.05, 0) is 24.6 Å². The third-order valence-corrected chi connectivity index (χ3v) is 2.89. The smallest absolute Gasteiger partial charge is 0.0464 e. The highest BCUT2D eigenvalue weighted by molar-refractivity contribution is 5.85. The highest BCUT2D eigenvalue weighted by atomic mass is 14.7. The lowest BCUT2D eigenvalue weighted by molar-refractivity contribution is 1.42. The molecule has 0 unspecified atom stereocenters. The minimum atomic E-state index is 0. The summed E-state index contributed by atoms with van der Waals surface area (Å²) in [6.07, 6.45) is 0. The van der Waals surface area contributed by atoms with Gasteiger partial charge >= 0.3 is 0 Å². The van der Waals surface area contributed by atoms with Gasteiger partial charge in [-0.25, -0.2) is 0 Å². The van der Waals surface area contributed by atoms with E-state index in [1.165, 1.54) is 27.7 Å². The predicted octanol–water partition coefficient (Wildman–Crippen LogP) is 4.39. The standard InChI is InChI=1S/C15H13N.H2/c1-11-6-8-12(9-7-11)15-10-13-4-2-3-5-14(13)16-15;/h2-10,16H,1H3;1H. The van der Waals surface area contributed by atoms with Gasteiger partial charge in [0.05, 0.1) is 0 Å². The number of fused-ring (bicyclic) bond motifs is 1. The molecule has 0 radical (unpaired) electrons. The summed E-state index contributed by atoms with van der Waals surface area (Å²) in [6.45, 7) is 2.11. The molecule has 1 heteroatoms. The number of rotatable bonds is 1. The van der Waals surface area contributed by atoms with E-state index < -0.39 is 0 Å². The number of nitrogens with one attached hydrogen (secondary N) is 1. The number of aromatic nitrogens is 1. The minimum Gasteiger partial charge on any atom is -0.355 e. The third kappa shape index (κ3) is 1.50. The summed E-state index contributed by atoms with van der Waals surface area (Å²) in [4.78, 5) is 3.43. The second-order valence-corrected chi connectivity index (χ2v) is 4.14. The van der Waals surface area contributed by atoms with Gasteiger partial charge in [-0.15, -0.1) is 0 Å². The first kappa shape index (κ1) is 9.22. The molecule has 0 bridgehead atoms. The Morgan fingerprint density at radius 1 is 0.938 bits per heavy atom. The van der Waals surface area contributed by atoms with Gasteiger partial charge < -0.3 is 4.98 Å². The molecule has 80 valence electrons. The largest absolute Gasteiger partial charge is 0.355 e. The molecule has 0 aliphatic carbocycles. The summed E-state index contributed by atoms with van der Waals surface area (Å²) in [6, 6.07) is 19.1. The Kier molecular flexibility index (Phi) is 2.03. The van der Waals surface area contributed by atoms with Crippen LogP contribution in [-0.4, -0.2) is 4.98 Å². The number of benzene rings is 2. The lowest BCUT2D eigenvalue weighted by atomic mass is 10.1. The molecule has 3 aromatic rings. The van der Waals surface area contributed by atoms with Gasteiger partial charge in [-0.2, -0.15) is 0 Å². The van der Waals surface area contributed by atoms with E-state index in [1.54, 1.807) is 0 Å². The molecular formula is C15H15N. The molecule has 1 heterocycles. The number of aryl methyl sites for hydroxylation is 1. The average molecular weight is 209 g/mol. The molecule has 1 aromatic heterocycles. The van der Waals surface area contributed by atoms with Crippen LogP contribution in [0.3, 0.4) is 0 Å². The molecule has 0 aliphatic heterocycles. The Balaban J connectivity index is 0.00000108. The zero-order valence-corrected chi connectivity index (χ0v) is 9.20. The summed E-state index contributed by atoms with van der Waals surface area (Å²) in [5.74, 6) is 0. The van der Waals surface area contributed by atoms with Crippen molar-refractivity contribution in [1.82, 2.24) is 4.98 Å². The van der Waals surface area contributed by atoms with Gasteiger partial charge in [0, 0.05) is 18.0 Å². The van der Waals surface area contributed by atoms with Gasteiger partial charge in [0.2, 0.25) is 0 Å². The Hall–Kier alpha value is -2.02. The Labute approximate surface area is 96.2 Å². The Bertz CT molecular complexity index is 590. The maximum Gasteiger partial charge on any atom is 0.0464 e. The number of aromatic amines is 1. The minimum absolute atomic E-state index is 0. The molecule has 2 aromatic carbocycles. The second kappa shape index (κ2) is 3.53. The molecular weight excluding hydrogens is 194 g/mol. The fraction of sp³-hybridized carbons (Fsp3) is 0.0667. The van der Waals surface area contributed by atoms with Crippen LogP contribution in [0.2, 0.25) is 0 Å². The number of para-hydroxylation sites is 1. The van der Waals surface area contributed by atoms with E-state index in [0.717, 1.165) is 0 Å². The van der Waals surface area contributed by atoms with Crippen LogP contribution in [0.5, 0.6) is 0 Å². The van der Waals surface area contributed by atoms with Crippen LogP contribution in [0.15, 0.2) is 54.6 Å². The fourth-order valence-corrected chi connectivity index (χ4v) is 1.96. The van der Waals surface area contributed by atoms with Gasteiger partial charge in [0.1, 0.15) is 0 Å². The fourth-order valence-electron chi connectivity index (χ4n) is 1.96. The van der Waals surface area contributed by atoms with E-state index in [-0.39, 0.29) is 1.43 Å². The van der Waals surface area contributed by atoms with Crippen LogP contribution < -0.4 is 0 Å². The van der Waals surface area contributed by atoms with Gasteiger partial charge in [-0.3, -0.25) is 0 Å². The number of hydrogen-bond donors (Lipinski definition) is 1. The molecule has 1 N–H and O–H groups in total. The summed E-state index contributed by atoms with van der Waals surface area (Å²) in [5, 5.41) is 1.26. The molecule has 0 atom stereocenters. The first-order valence-electron chi connectivity index (χ1n) is 5.48. The predicted molar refractivity (Wildman–Crippen MR) is 70.6 cm³/mol. The van der Waals surface area contributed by atoms with Crippen molar-refractivity contribution in [3.63, 3.8) is 0 Å². The van der Waals surface area contributed by atoms with Crippen molar-refractivity contribution in [2.75, 3.05) is 0 Å². The van der Waals surface area contributed by atoms with Crippen molar-refractivity contribution in [1.29, 1.82) is 0 Å². The molecule has 3 rings (SSSR count). The molecule has 0 saturated heterocycles. The van der Waals surface area contributed by atoms with Crippen molar-refractivity contribution in [3.8, 4) is 11.3 Å². The Morgan fingerprint density at radius 2 is 1.69 bits per heavy atom. The molecule has 0 fully saturated rings. The maximum atomic E-state index is 3.43. The quantitative estimate of drug-likeness (QED) is 0.611. The molecule has 0 saturated carbocycles. The monoisotopic (exact) mass is 209 g/mol. The molecule has 16 heavy (non-hydrogen) atoms. The lowest BCUT2D eigenvalue weighted by Gasteiger charge is -1.97. The number of hydrogen-bond acceptors (Lipinski definition) is 0. The van der Waals surface area contributed by atoms with Crippen LogP contribution in [0.1, 0.15) is 6.99 Å². The van der Waals surface area contributed by atoms with Gasteiger partial charge in [0.25, 0.3) is 0 Å². The van der Waals surface area contributed by atoms with E-state index in [1.807, 2.05) is 0 Å². The lowest BCUT2D eigenvalue weighted by Crippen LogP contribution is -1.77. The summed E-state index contributed by atoms with van der Waals surface area (Å²) in [7, 11) is 0. The van der Waals surface area contributed by atoms with Gasteiger partial charge in [0.15, 0.2) is 0 Å². The van der Waals surface area contributed by atoms with Crippen molar-refractivity contribution in [2.45, 2.75) is 6.92 Å². The van der Waals surface area contributed by atoms with Crippen LogP contribution in [-0.2, 0) is 0 Å². The third-order valence-electron chi connectivity index (χ3n) is 2.89. The summed E-state index contributed by atoms with van der Waals surface area (Å²) in [5.41, 5.74) is 4.90. The van der Waals surface area contributed by atoms with Gasteiger partial charge in [-0.1, -0.05) is 48.0 Å². The van der Waals surface area contributed by atoms with Crippen molar-refractivity contribution in [3.05, 3.63) is 60.2 Å². The van der Waals surface area contributed by atoms with Crippen molar-refractivity contribution in [2.24, 2.45) is 0 Å². The van der Waals surface area contributed by atoms with E-state index in [2.05, 4.69) is 66.5 Å². The van der Waals surface area contributed by atoms with Crippen LogP contribution in [0.4, 0.5) is 0 Å². The SMILES string of the molecule is Cc1ccc(-c2cc3ccccc3[nH]2)cc1.[HH]. The molecule has 0 amide bonds. The Morgan fingerprint density at radius 3 is 2.44 bits per heavy atom. The highest BCUT2D eigenvalue weighted by Crippen LogP contribution is 2.23. The molecule has 0 aliphatic rings. The number of H-pyrrole nitrogens is 1. The van der Waals surface area contributed by atoms with Crippen molar-refractivity contribution >= 4 is 10.9 Å². The summed E-state index contributed by atoms with van der Waals surface area (Å²) < 4.78 is 0. The van der Waals surface area contributed by atoms with Crippen molar-refractivity contribution < 1.29 is 1.43 Å². The average Bonchev–Trinajstić information content (AvgIpc) is 2.73. The first-order valence-corrected chi connectivity index (χ1v) is 5.48. The maximum absolute atomic E-state index is 3.43. The molecule has 1 nitrogen and oxygen atoms in total. The zero-order valence-electron chi connectivity index (χ0n) is 9.20. The zero-order chi connectivity index (χ0) is 11.0. The van der Waals surface area contributed by atoms with E-state index in [9.17, 15) is 0 Å². The van der Waals surface area contributed by atoms with Crippen LogP contribution >= 0.6 is 0 Å². The first-order chi connectivity index (χ1) is 7.83. The second-order valence-electron chi connectivity index (χ2n) is 4.14. The van der Waals surface area contributed by atoms with Crippen LogP contribution in [0.25, 0.3) is 22.2 Å². The molecule has 0 spiro atoms. The van der Waals surface area contributed by atoms with E-state index in [4.69, 9.17) is 0 Å². The summed E-state index contributed by atoms with van der Waals surface area (Å²) >= 11 is 0. The van der Waals surface area contributed by atoms with E-state index in [0.29, 0.717) is 0 Å². The highest BCUT2D eigenvalue weighted by Gasteiger charge is 2.01. The van der Waals surface area contributed by atoms with E-state index >= 15 is 0 Å². The topological polar surface area (TPSA) is 15.8 Å². The normalized spacial score (nSPS) is 10.8.